The molecule has 0 saturated carbocycles. The number of ether oxygens (including phenoxy) is 2. The molecule has 10 heteroatoms. The van der Waals surface area contributed by atoms with Gasteiger partial charge in [-0.15, -0.1) is 0 Å². The van der Waals surface area contributed by atoms with Crippen molar-refractivity contribution in [3.05, 3.63) is 52.0 Å². The summed E-state index contributed by atoms with van der Waals surface area (Å²) in [5.74, 6) is 1.14. The van der Waals surface area contributed by atoms with Gasteiger partial charge in [-0.05, 0) is 42.7 Å². The van der Waals surface area contributed by atoms with Crippen molar-refractivity contribution in [2.75, 3.05) is 33.4 Å². The van der Waals surface area contributed by atoms with Crippen LogP contribution in [-0.4, -0.2) is 56.9 Å². The first kappa shape index (κ1) is 23.2. The van der Waals surface area contributed by atoms with Crippen LogP contribution in [0.25, 0.3) is 0 Å². The van der Waals surface area contributed by atoms with Crippen LogP contribution in [0.1, 0.15) is 18.4 Å². The number of piperidine rings is 1. The van der Waals surface area contributed by atoms with Gasteiger partial charge >= 0.3 is 0 Å². The molecule has 0 aliphatic carbocycles. The molecule has 0 N–H and O–H groups in total. The minimum atomic E-state index is -3.83. The maximum absolute atomic E-state index is 13.0. The molecule has 0 spiro atoms. The number of amides is 1. The van der Waals surface area contributed by atoms with Crippen LogP contribution in [0.3, 0.4) is 0 Å². The Morgan fingerprint density at radius 2 is 1.69 bits per heavy atom. The SMILES string of the molecule is CN(Cc1ccc2c(c1)OCCO2)C(=O)C1CCN(S(=O)(=O)c2c(Cl)cccc2Cl)CC1. The van der Waals surface area contributed by atoms with E-state index in [0.29, 0.717) is 44.1 Å². The van der Waals surface area contributed by atoms with Crippen molar-refractivity contribution in [3.63, 3.8) is 0 Å². The third-order valence-electron chi connectivity index (χ3n) is 5.72. The van der Waals surface area contributed by atoms with Gasteiger partial charge in [-0.1, -0.05) is 35.3 Å². The van der Waals surface area contributed by atoms with Crippen LogP contribution in [0.5, 0.6) is 11.5 Å². The zero-order chi connectivity index (χ0) is 22.9. The van der Waals surface area contributed by atoms with Gasteiger partial charge in [0, 0.05) is 32.6 Å². The molecule has 0 unspecified atom stereocenters. The third kappa shape index (κ3) is 4.69. The average molecular weight is 499 g/mol. The molecule has 2 aliphatic heterocycles. The summed E-state index contributed by atoms with van der Waals surface area (Å²) in [7, 11) is -2.08. The molecular weight excluding hydrogens is 475 g/mol. The first-order valence-electron chi connectivity index (χ1n) is 10.3. The standard InChI is InChI=1S/C22H24Cl2N2O5S/c1-25(14-15-5-6-19-20(13-15)31-12-11-30-19)22(27)16-7-9-26(10-8-16)32(28,29)21-17(23)3-2-4-18(21)24/h2-6,13,16H,7-12,14H2,1H3. The highest BCUT2D eigenvalue weighted by Gasteiger charge is 2.35. The van der Waals surface area contributed by atoms with Crippen LogP contribution >= 0.6 is 23.2 Å². The summed E-state index contributed by atoms with van der Waals surface area (Å²) in [4.78, 5) is 14.6. The van der Waals surface area contributed by atoms with Gasteiger partial charge in [-0.25, -0.2) is 8.42 Å². The Bertz CT molecular complexity index is 1100. The van der Waals surface area contributed by atoms with Crippen LogP contribution < -0.4 is 9.47 Å². The fraction of sp³-hybridized carbons (Fsp3) is 0.409. The van der Waals surface area contributed by atoms with Crippen LogP contribution in [0.4, 0.5) is 0 Å². The molecule has 0 radical (unpaired) electrons. The van der Waals surface area contributed by atoms with Crippen molar-refractivity contribution in [1.82, 2.24) is 9.21 Å². The number of nitrogens with zero attached hydrogens (tertiary/aromatic N) is 2. The highest BCUT2D eigenvalue weighted by Crippen LogP contribution is 2.34. The second kappa shape index (κ2) is 9.47. The first-order valence-corrected chi connectivity index (χ1v) is 12.5. The molecule has 0 atom stereocenters. The topological polar surface area (TPSA) is 76.2 Å². The number of benzene rings is 2. The van der Waals surface area contributed by atoms with E-state index >= 15 is 0 Å². The summed E-state index contributed by atoms with van der Waals surface area (Å²) in [6.45, 7) is 1.94. The van der Waals surface area contributed by atoms with Crippen LogP contribution in [0.15, 0.2) is 41.3 Å². The van der Waals surface area contributed by atoms with Gasteiger partial charge < -0.3 is 14.4 Å². The summed E-state index contributed by atoms with van der Waals surface area (Å²) >= 11 is 12.2. The molecule has 7 nitrogen and oxygen atoms in total. The molecule has 2 aromatic carbocycles. The van der Waals surface area contributed by atoms with Crippen molar-refractivity contribution in [2.45, 2.75) is 24.3 Å². The van der Waals surface area contributed by atoms with E-state index in [2.05, 4.69) is 0 Å². The summed E-state index contributed by atoms with van der Waals surface area (Å²) in [6, 6.07) is 10.3. The summed E-state index contributed by atoms with van der Waals surface area (Å²) in [5.41, 5.74) is 0.943. The van der Waals surface area contributed by atoms with E-state index < -0.39 is 10.0 Å². The lowest BCUT2D eigenvalue weighted by Crippen LogP contribution is -2.43. The number of rotatable bonds is 5. The van der Waals surface area contributed by atoms with Crippen molar-refractivity contribution >= 4 is 39.1 Å². The zero-order valence-corrected chi connectivity index (χ0v) is 19.9. The van der Waals surface area contributed by atoms with Gasteiger partial charge in [0.1, 0.15) is 18.1 Å². The van der Waals surface area contributed by atoms with Crippen LogP contribution in [0.2, 0.25) is 10.0 Å². The second-order valence-corrected chi connectivity index (χ2v) is 10.6. The van der Waals surface area contributed by atoms with Crippen molar-refractivity contribution in [2.24, 2.45) is 5.92 Å². The molecule has 2 heterocycles. The Labute approximate surface area is 197 Å². The highest BCUT2D eigenvalue weighted by atomic mass is 35.5. The lowest BCUT2D eigenvalue weighted by molar-refractivity contribution is -0.135. The van der Waals surface area contributed by atoms with E-state index in [-0.39, 0.29) is 39.9 Å². The fourth-order valence-corrected chi connectivity index (χ4v) is 6.61. The maximum Gasteiger partial charge on any atom is 0.246 e. The molecular formula is C22H24Cl2N2O5S. The molecule has 32 heavy (non-hydrogen) atoms. The van der Waals surface area contributed by atoms with Gasteiger partial charge in [0.05, 0.1) is 10.0 Å². The fourth-order valence-electron chi connectivity index (χ4n) is 4.05. The van der Waals surface area contributed by atoms with E-state index in [0.717, 1.165) is 5.56 Å². The van der Waals surface area contributed by atoms with Gasteiger partial charge in [0.15, 0.2) is 11.5 Å². The van der Waals surface area contributed by atoms with Gasteiger partial charge in [-0.2, -0.15) is 4.31 Å². The normalized spacial score (nSPS) is 17.2. The molecule has 0 aromatic heterocycles. The Morgan fingerprint density at radius 1 is 1.06 bits per heavy atom. The highest BCUT2D eigenvalue weighted by molar-refractivity contribution is 7.89. The Morgan fingerprint density at radius 3 is 2.34 bits per heavy atom. The van der Waals surface area contributed by atoms with E-state index in [1.807, 2.05) is 18.2 Å². The molecule has 172 valence electrons. The van der Waals surface area contributed by atoms with Crippen LogP contribution in [0, 0.1) is 5.92 Å². The smallest absolute Gasteiger partial charge is 0.246 e. The van der Waals surface area contributed by atoms with Gasteiger partial charge in [0.25, 0.3) is 0 Å². The van der Waals surface area contributed by atoms with Crippen molar-refractivity contribution in [1.29, 1.82) is 0 Å². The quantitative estimate of drug-likeness (QED) is 0.625. The Hall–Kier alpha value is -2.00. The molecule has 2 aliphatic rings. The number of fused-ring (bicyclic) bond motifs is 1. The van der Waals surface area contributed by atoms with E-state index in [1.54, 1.807) is 18.0 Å². The molecule has 1 fully saturated rings. The van der Waals surface area contributed by atoms with Crippen LogP contribution in [-0.2, 0) is 21.4 Å². The van der Waals surface area contributed by atoms with Crippen molar-refractivity contribution in [3.8, 4) is 11.5 Å². The van der Waals surface area contributed by atoms with E-state index in [1.165, 1.54) is 16.4 Å². The monoisotopic (exact) mass is 498 g/mol. The predicted octanol–water partition coefficient (Wildman–Crippen LogP) is 3.82. The number of hydrogen-bond donors (Lipinski definition) is 0. The van der Waals surface area contributed by atoms with E-state index in [4.69, 9.17) is 32.7 Å². The zero-order valence-electron chi connectivity index (χ0n) is 17.6. The first-order chi connectivity index (χ1) is 15.3. The van der Waals surface area contributed by atoms with E-state index in [9.17, 15) is 13.2 Å². The predicted molar refractivity (Wildman–Crippen MR) is 122 cm³/mol. The summed E-state index contributed by atoms with van der Waals surface area (Å²) < 4.78 is 38.6. The number of carbonyl (C=O) groups is 1. The number of sulfonamides is 1. The largest absolute Gasteiger partial charge is 0.486 e. The van der Waals surface area contributed by atoms with Gasteiger partial charge in [0.2, 0.25) is 15.9 Å². The minimum absolute atomic E-state index is 0.00675. The number of halogens is 2. The molecule has 1 amide bonds. The van der Waals surface area contributed by atoms with Crippen molar-refractivity contribution < 1.29 is 22.7 Å². The lowest BCUT2D eigenvalue weighted by atomic mass is 9.96. The summed E-state index contributed by atoms with van der Waals surface area (Å²) in [6.07, 6.45) is 0.872. The minimum Gasteiger partial charge on any atom is -0.486 e. The van der Waals surface area contributed by atoms with Gasteiger partial charge in [-0.3, -0.25) is 4.79 Å². The molecule has 1 saturated heterocycles. The number of carbonyl (C=O) groups excluding carboxylic acids is 1. The Kier molecular flexibility index (Phi) is 6.86. The lowest BCUT2D eigenvalue weighted by Gasteiger charge is -2.33. The Balaban J connectivity index is 1.38. The third-order valence-corrected chi connectivity index (χ3v) is 8.58. The average Bonchev–Trinajstić information content (AvgIpc) is 2.78. The number of hydrogen-bond acceptors (Lipinski definition) is 5. The molecule has 0 bridgehead atoms. The molecule has 2 aromatic rings. The second-order valence-electron chi connectivity index (χ2n) is 7.90. The summed E-state index contributed by atoms with van der Waals surface area (Å²) in [5, 5.41) is 0.185. The molecule has 4 rings (SSSR count). The maximum atomic E-state index is 13.0.